The number of para-hydroxylation sites is 1. The lowest BCUT2D eigenvalue weighted by Crippen LogP contribution is -2.40. The Balaban J connectivity index is 1.79. The van der Waals surface area contributed by atoms with E-state index >= 15 is 0 Å². The molecule has 2 aromatic carbocycles. The smallest absolute Gasteiger partial charge is 0.134 e. The first-order valence-electron chi connectivity index (χ1n) is 7.46. The lowest BCUT2D eigenvalue weighted by molar-refractivity contribution is 0.238. The molecule has 0 bridgehead atoms. The second kappa shape index (κ2) is 5.31. The summed E-state index contributed by atoms with van der Waals surface area (Å²) in [6, 6.07) is 23.0. The molecule has 4 rings (SSSR count). The topological polar surface area (TPSA) is 24.3 Å². The third-order valence-electron chi connectivity index (χ3n) is 3.93. The van der Waals surface area contributed by atoms with Crippen LogP contribution in [-0.2, 0) is 6.67 Å². The quantitative estimate of drug-likeness (QED) is 0.721. The second-order valence-electron chi connectivity index (χ2n) is 5.66. The number of hydrogen-bond acceptors (Lipinski definition) is 3. The summed E-state index contributed by atoms with van der Waals surface area (Å²) >= 11 is 0. The minimum absolute atomic E-state index is 0.811. The molecule has 0 spiro atoms. The molecule has 0 radical (unpaired) electrons. The highest BCUT2D eigenvalue weighted by Crippen LogP contribution is 2.32. The zero-order chi connectivity index (χ0) is 14.9. The number of hydrogen-bond donors (Lipinski definition) is 0. The van der Waals surface area contributed by atoms with Crippen molar-refractivity contribution in [3.05, 3.63) is 66.7 Å². The molecule has 0 saturated carbocycles. The highest BCUT2D eigenvalue weighted by Gasteiger charge is 2.23. The van der Waals surface area contributed by atoms with E-state index in [2.05, 4.69) is 76.1 Å². The summed E-state index contributed by atoms with van der Waals surface area (Å²) in [6.45, 7) is 1.68. The third-order valence-corrected chi connectivity index (χ3v) is 3.93. The van der Waals surface area contributed by atoms with Crippen molar-refractivity contribution in [1.82, 2.24) is 14.7 Å². The van der Waals surface area contributed by atoms with Gasteiger partial charge in [-0.3, -0.25) is 4.90 Å². The number of rotatable bonds is 2. The van der Waals surface area contributed by atoms with Crippen molar-refractivity contribution >= 4 is 11.5 Å². The molecule has 1 aliphatic rings. The van der Waals surface area contributed by atoms with E-state index in [9.17, 15) is 0 Å². The maximum absolute atomic E-state index is 4.78. The predicted molar refractivity (Wildman–Crippen MR) is 88.9 cm³/mol. The zero-order valence-corrected chi connectivity index (χ0v) is 12.6. The van der Waals surface area contributed by atoms with Gasteiger partial charge in [-0.25, -0.2) is 4.68 Å². The van der Waals surface area contributed by atoms with Crippen LogP contribution in [0, 0.1) is 0 Å². The molecule has 0 saturated heterocycles. The molecule has 0 unspecified atom stereocenters. The van der Waals surface area contributed by atoms with Gasteiger partial charge in [0.15, 0.2) is 0 Å². The van der Waals surface area contributed by atoms with Gasteiger partial charge in [-0.1, -0.05) is 48.5 Å². The lowest BCUT2D eigenvalue weighted by atomic mass is 10.1. The predicted octanol–water partition coefficient (Wildman–Crippen LogP) is 3.55. The van der Waals surface area contributed by atoms with E-state index in [1.807, 2.05) is 12.1 Å². The third kappa shape index (κ3) is 2.27. The van der Waals surface area contributed by atoms with Crippen LogP contribution in [-0.4, -0.2) is 28.4 Å². The first-order chi connectivity index (χ1) is 10.8. The van der Waals surface area contributed by atoms with Crippen molar-refractivity contribution in [3.8, 4) is 11.3 Å². The molecule has 1 aliphatic heterocycles. The van der Waals surface area contributed by atoms with Gasteiger partial charge in [0.05, 0.1) is 19.0 Å². The number of benzene rings is 2. The monoisotopic (exact) mass is 290 g/mol. The zero-order valence-electron chi connectivity index (χ0n) is 12.6. The van der Waals surface area contributed by atoms with Crippen LogP contribution in [0.2, 0.25) is 0 Å². The van der Waals surface area contributed by atoms with Crippen LogP contribution in [0.15, 0.2) is 66.7 Å². The van der Waals surface area contributed by atoms with Crippen molar-refractivity contribution in [1.29, 1.82) is 0 Å². The van der Waals surface area contributed by atoms with E-state index < -0.39 is 0 Å². The Morgan fingerprint density at radius 3 is 2.27 bits per heavy atom. The molecule has 0 aliphatic carbocycles. The summed E-state index contributed by atoms with van der Waals surface area (Å²) in [4.78, 5) is 4.55. The molecular weight excluding hydrogens is 272 g/mol. The molecule has 0 amide bonds. The van der Waals surface area contributed by atoms with Gasteiger partial charge in [-0.15, -0.1) is 0 Å². The summed E-state index contributed by atoms with van der Waals surface area (Å²) in [5.41, 5.74) is 3.36. The minimum atomic E-state index is 0.811. The first kappa shape index (κ1) is 13.1. The molecule has 4 heteroatoms. The molecule has 0 fully saturated rings. The summed E-state index contributed by atoms with van der Waals surface area (Å²) in [7, 11) is 2.11. The number of fused-ring (bicyclic) bond motifs is 1. The van der Waals surface area contributed by atoms with Crippen LogP contribution in [0.3, 0.4) is 0 Å². The van der Waals surface area contributed by atoms with Crippen LogP contribution in [0.5, 0.6) is 0 Å². The van der Waals surface area contributed by atoms with E-state index in [0.29, 0.717) is 0 Å². The number of nitrogens with zero attached hydrogens (tertiary/aromatic N) is 4. The second-order valence-corrected chi connectivity index (χ2v) is 5.66. The largest absolute Gasteiger partial charge is 0.313 e. The van der Waals surface area contributed by atoms with E-state index in [1.54, 1.807) is 0 Å². The molecule has 0 N–H and O–H groups in total. The van der Waals surface area contributed by atoms with Crippen molar-refractivity contribution in [2.24, 2.45) is 0 Å². The van der Waals surface area contributed by atoms with E-state index in [4.69, 9.17) is 5.10 Å². The standard InChI is InChI=1S/C18H18N4/c1-20-13-21(16-10-6-3-7-11-16)18-12-17(19-22(18)14-20)15-8-4-2-5-9-15/h2-12H,13-14H2,1H3. The summed E-state index contributed by atoms with van der Waals surface area (Å²) < 4.78 is 2.07. The van der Waals surface area contributed by atoms with E-state index in [1.165, 1.54) is 5.69 Å². The Bertz CT molecular complexity index is 764. The maximum Gasteiger partial charge on any atom is 0.134 e. The van der Waals surface area contributed by atoms with E-state index in [-0.39, 0.29) is 0 Å². The SMILES string of the molecule is CN1CN(c2ccccc2)c2cc(-c3ccccc3)nn2C1. The Morgan fingerprint density at radius 2 is 1.55 bits per heavy atom. The van der Waals surface area contributed by atoms with Gasteiger partial charge >= 0.3 is 0 Å². The fourth-order valence-electron chi connectivity index (χ4n) is 2.89. The average molecular weight is 290 g/mol. The Kier molecular flexibility index (Phi) is 3.16. The molecule has 110 valence electrons. The Labute approximate surface area is 130 Å². The van der Waals surface area contributed by atoms with Gasteiger partial charge in [0.2, 0.25) is 0 Å². The average Bonchev–Trinajstić information content (AvgIpc) is 2.99. The molecule has 22 heavy (non-hydrogen) atoms. The molecule has 4 nitrogen and oxygen atoms in total. The normalized spacial score (nSPS) is 14.9. The van der Waals surface area contributed by atoms with Gasteiger partial charge in [-0.2, -0.15) is 5.10 Å². The first-order valence-corrected chi connectivity index (χ1v) is 7.46. The summed E-state index contributed by atoms with van der Waals surface area (Å²) in [5, 5.41) is 4.78. The fraction of sp³-hybridized carbons (Fsp3) is 0.167. The molecular formula is C18H18N4. The highest BCUT2D eigenvalue weighted by molar-refractivity contribution is 5.68. The molecule has 2 heterocycles. The van der Waals surface area contributed by atoms with Crippen molar-refractivity contribution in [2.75, 3.05) is 18.6 Å². The van der Waals surface area contributed by atoms with E-state index in [0.717, 1.165) is 30.4 Å². The Hall–Kier alpha value is -2.59. The van der Waals surface area contributed by atoms with Crippen LogP contribution < -0.4 is 4.90 Å². The number of aromatic nitrogens is 2. The summed E-state index contributed by atoms with van der Waals surface area (Å²) in [6.07, 6.45) is 0. The van der Waals surface area contributed by atoms with Crippen molar-refractivity contribution < 1.29 is 0 Å². The van der Waals surface area contributed by atoms with Gasteiger partial charge < -0.3 is 4.90 Å². The van der Waals surface area contributed by atoms with Gasteiger partial charge in [-0.05, 0) is 19.2 Å². The lowest BCUT2D eigenvalue weighted by Gasteiger charge is -2.35. The number of anilines is 2. The highest BCUT2D eigenvalue weighted by atomic mass is 15.5. The minimum Gasteiger partial charge on any atom is -0.313 e. The van der Waals surface area contributed by atoms with Crippen LogP contribution in [0.4, 0.5) is 11.5 Å². The van der Waals surface area contributed by atoms with Gasteiger partial charge in [0.1, 0.15) is 5.82 Å². The van der Waals surface area contributed by atoms with Crippen LogP contribution in [0.1, 0.15) is 0 Å². The summed E-state index contributed by atoms with van der Waals surface area (Å²) in [5.74, 6) is 1.14. The molecule has 0 atom stereocenters. The van der Waals surface area contributed by atoms with Crippen LogP contribution >= 0.6 is 0 Å². The molecule has 3 aromatic rings. The van der Waals surface area contributed by atoms with Crippen LogP contribution in [0.25, 0.3) is 11.3 Å². The Morgan fingerprint density at radius 1 is 0.864 bits per heavy atom. The van der Waals surface area contributed by atoms with Crippen molar-refractivity contribution in [3.63, 3.8) is 0 Å². The fourth-order valence-corrected chi connectivity index (χ4v) is 2.89. The maximum atomic E-state index is 4.78. The van der Waals surface area contributed by atoms with Gasteiger partial charge in [0, 0.05) is 17.3 Å². The van der Waals surface area contributed by atoms with Crippen molar-refractivity contribution in [2.45, 2.75) is 6.67 Å². The van der Waals surface area contributed by atoms with Gasteiger partial charge in [0.25, 0.3) is 0 Å². The molecule has 1 aromatic heterocycles.